The Labute approximate surface area is 106 Å². The van der Waals surface area contributed by atoms with Crippen molar-refractivity contribution >= 4 is 28.8 Å². The topological polar surface area (TPSA) is 41.5 Å². The van der Waals surface area contributed by atoms with Crippen molar-refractivity contribution in [2.75, 3.05) is 5.43 Å². The van der Waals surface area contributed by atoms with Gasteiger partial charge in [-0.05, 0) is 37.5 Å². The van der Waals surface area contributed by atoms with Crippen LogP contribution < -0.4 is 5.43 Å². The third-order valence-electron chi connectivity index (χ3n) is 2.84. The van der Waals surface area contributed by atoms with Gasteiger partial charge in [0.2, 0.25) is 0 Å². The Bertz CT molecular complexity index is 468. The highest BCUT2D eigenvalue weighted by Gasteiger charge is 2.14. The summed E-state index contributed by atoms with van der Waals surface area (Å²) in [5.74, 6) is 0.277. The Morgan fingerprint density at radius 2 is 2.18 bits per heavy atom. The molecule has 4 heteroatoms. The van der Waals surface area contributed by atoms with Gasteiger partial charge in [-0.3, -0.25) is 10.2 Å². The molecule has 1 aliphatic carbocycles. The van der Waals surface area contributed by atoms with Gasteiger partial charge in [-0.2, -0.15) is 5.10 Å². The Hall–Kier alpha value is -1.35. The monoisotopic (exact) mass is 250 g/mol. The highest BCUT2D eigenvalue weighted by Crippen LogP contribution is 2.20. The standard InChI is InChI=1S/C13H15ClN2O/c1-9-5-6-11(8-13(9)14)16-15-10-3-2-4-12(17)7-10/h5-6,8,16H,2-4,7H2,1H3. The van der Waals surface area contributed by atoms with Crippen LogP contribution in [0.25, 0.3) is 0 Å². The number of hydrazone groups is 1. The van der Waals surface area contributed by atoms with Crippen LogP contribution in [0.1, 0.15) is 31.2 Å². The van der Waals surface area contributed by atoms with Gasteiger partial charge in [0.1, 0.15) is 5.78 Å². The average Bonchev–Trinajstić information content (AvgIpc) is 2.31. The summed E-state index contributed by atoms with van der Waals surface area (Å²) in [5, 5.41) is 4.98. The molecule has 0 heterocycles. The van der Waals surface area contributed by atoms with E-state index in [-0.39, 0.29) is 5.78 Å². The molecule has 0 atom stereocenters. The van der Waals surface area contributed by atoms with Gasteiger partial charge in [-0.15, -0.1) is 0 Å². The molecule has 0 saturated heterocycles. The molecule has 1 aliphatic rings. The summed E-state index contributed by atoms with van der Waals surface area (Å²) in [7, 11) is 0. The van der Waals surface area contributed by atoms with Crippen molar-refractivity contribution in [2.45, 2.75) is 32.6 Å². The average molecular weight is 251 g/mol. The van der Waals surface area contributed by atoms with Crippen molar-refractivity contribution in [1.82, 2.24) is 0 Å². The zero-order chi connectivity index (χ0) is 12.3. The molecule has 0 spiro atoms. The molecule has 0 aromatic heterocycles. The molecule has 2 rings (SSSR count). The second-order valence-electron chi connectivity index (χ2n) is 4.32. The second-order valence-corrected chi connectivity index (χ2v) is 4.73. The first-order valence-electron chi connectivity index (χ1n) is 5.74. The van der Waals surface area contributed by atoms with Gasteiger partial charge in [0.25, 0.3) is 0 Å². The fraction of sp³-hybridized carbons (Fsp3) is 0.385. The molecule has 0 bridgehead atoms. The van der Waals surface area contributed by atoms with Crippen LogP contribution >= 0.6 is 11.6 Å². The van der Waals surface area contributed by atoms with E-state index in [1.807, 2.05) is 25.1 Å². The molecule has 90 valence electrons. The minimum Gasteiger partial charge on any atom is -0.299 e. The molecule has 1 aromatic carbocycles. The van der Waals surface area contributed by atoms with Crippen molar-refractivity contribution < 1.29 is 4.79 Å². The molecule has 0 amide bonds. The Balaban J connectivity index is 2.03. The van der Waals surface area contributed by atoms with Crippen molar-refractivity contribution in [3.05, 3.63) is 28.8 Å². The van der Waals surface area contributed by atoms with Crippen LogP contribution in [0.5, 0.6) is 0 Å². The third-order valence-corrected chi connectivity index (χ3v) is 3.24. The Morgan fingerprint density at radius 3 is 2.88 bits per heavy atom. The first kappa shape index (κ1) is 12.1. The van der Waals surface area contributed by atoms with E-state index in [1.165, 1.54) is 0 Å². The summed E-state index contributed by atoms with van der Waals surface area (Å²) in [5.41, 5.74) is 5.78. The van der Waals surface area contributed by atoms with Gasteiger partial charge >= 0.3 is 0 Å². The predicted octanol–water partition coefficient (Wildman–Crippen LogP) is 3.56. The smallest absolute Gasteiger partial charge is 0.138 e. The lowest BCUT2D eigenvalue weighted by molar-refractivity contribution is -0.118. The van der Waals surface area contributed by atoms with Crippen molar-refractivity contribution in [1.29, 1.82) is 0 Å². The van der Waals surface area contributed by atoms with E-state index >= 15 is 0 Å². The van der Waals surface area contributed by atoms with Gasteiger partial charge in [0.05, 0.1) is 5.69 Å². The zero-order valence-electron chi connectivity index (χ0n) is 9.79. The summed E-state index contributed by atoms with van der Waals surface area (Å²) in [4.78, 5) is 11.3. The summed E-state index contributed by atoms with van der Waals surface area (Å²) in [6.07, 6.45) is 2.98. The van der Waals surface area contributed by atoms with Gasteiger partial charge in [0.15, 0.2) is 0 Å². The number of carbonyl (C=O) groups excluding carboxylic acids is 1. The first-order chi connectivity index (χ1) is 8.15. The maximum atomic E-state index is 11.3. The molecular weight excluding hydrogens is 236 g/mol. The molecular formula is C13H15ClN2O. The van der Waals surface area contributed by atoms with Crippen LogP contribution in [-0.2, 0) is 4.79 Å². The maximum absolute atomic E-state index is 11.3. The van der Waals surface area contributed by atoms with Gasteiger partial charge < -0.3 is 0 Å². The number of rotatable bonds is 2. The Morgan fingerprint density at radius 1 is 1.35 bits per heavy atom. The number of benzene rings is 1. The van der Waals surface area contributed by atoms with Crippen LogP contribution in [0.3, 0.4) is 0 Å². The number of aryl methyl sites for hydroxylation is 1. The van der Waals surface area contributed by atoms with E-state index in [1.54, 1.807) is 0 Å². The van der Waals surface area contributed by atoms with Gasteiger partial charge in [-0.25, -0.2) is 0 Å². The maximum Gasteiger partial charge on any atom is 0.138 e. The summed E-state index contributed by atoms with van der Waals surface area (Å²) in [6, 6.07) is 5.71. The van der Waals surface area contributed by atoms with Crippen LogP contribution in [-0.4, -0.2) is 11.5 Å². The molecule has 1 fully saturated rings. The summed E-state index contributed by atoms with van der Waals surface area (Å²) in [6.45, 7) is 1.96. The quantitative estimate of drug-likeness (QED) is 0.816. The SMILES string of the molecule is Cc1ccc(NN=C2CCCC(=O)C2)cc1Cl. The number of carbonyl (C=O) groups is 1. The molecule has 3 nitrogen and oxygen atoms in total. The highest BCUT2D eigenvalue weighted by atomic mass is 35.5. The van der Waals surface area contributed by atoms with E-state index in [0.717, 1.165) is 34.8 Å². The fourth-order valence-corrected chi connectivity index (χ4v) is 1.98. The normalized spacial score (nSPS) is 18.5. The number of hydrogen-bond acceptors (Lipinski definition) is 3. The summed E-state index contributed by atoms with van der Waals surface area (Å²) < 4.78 is 0. The predicted molar refractivity (Wildman–Crippen MR) is 70.7 cm³/mol. The lowest BCUT2D eigenvalue weighted by atomic mass is 9.97. The molecule has 1 saturated carbocycles. The van der Waals surface area contributed by atoms with Gasteiger partial charge in [-0.1, -0.05) is 17.7 Å². The third kappa shape index (κ3) is 3.30. The first-order valence-corrected chi connectivity index (χ1v) is 6.12. The molecule has 0 aliphatic heterocycles. The largest absolute Gasteiger partial charge is 0.299 e. The van der Waals surface area contributed by atoms with Crippen molar-refractivity contribution in [2.24, 2.45) is 5.10 Å². The highest BCUT2D eigenvalue weighted by molar-refractivity contribution is 6.31. The lowest BCUT2D eigenvalue weighted by Gasteiger charge is -2.12. The van der Waals surface area contributed by atoms with E-state index in [4.69, 9.17) is 11.6 Å². The zero-order valence-corrected chi connectivity index (χ0v) is 10.5. The number of nitrogens with zero attached hydrogens (tertiary/aromatic N) is 1. The van der Waals surface area contributed by atoms with Gasteiger partial charge in [0, 0.05) is 23.6 Å². The van der Waals surface area contributed by atoms with E-state index in [9.17, 15) is 4.79 Å². The van der Waals surface area contributed by atoms with Crippen molar-refractivity contribution in [3.8, 4) is 0 Å². The number of halogens is 1. The van der Waals surface area contributed by atoms with E-state index in [0.29, 0.717) is 12.8 Å². The van der Waals surface area contributed by atoms with Crippen molar-refractivity contribution in [3.63, 3.8) is 0 Å². The second kappa shape index (κ2) is 5.32. The van der Waals surface area contributed by atoms with E-state index in [2.05, 4.69) is 10.5 Å². The Kier molecular flexibility index (Phi) is 3.79. The number of Topliss-reactive ketones (excluding diaryl/α,β-unsaturated/α-hetero) is 1. The minimum absolute atomic E-state index is 0.277. The molecule has 1 aromatic rings. The number of hydrogen-bond donors (Lipinski definition) is 1. The molecule has 17 heavy (non-hydrogen) atoms. The number of anilines is 1. The summed E-state index contributed by atoms with van der Waals surface area (Å²) >= 11 is 6.02. The van der Waals surface area contributed by atoms with Crippen LogP contribution in [0.4, 0.5) is 5.69 Å². The molecule has 0 radical (unpaired) electrons. The van der Waals surface area contributed by atoms with Crippen LogP contribution in [0.2, 0.25) is 5.02 Å². The lowest BCUT2D eigenvalue weighted by Crippen LogP contribution is -2.15. The number of ketones is 1. The van der Waals surface area contributed by atoms with Crippen LogP contribution in [0.15, 0.2) is 23.3 Å². The fourth-order valence-electron chi connectivity index (χ4n) is 1.80. The number of nitrogens with one attached hydrogen (secondary N) is 1. The van der Waals surface area contributed by atoms with E-state index < -0.39 is 0 Å². The van der Waals surface area contributed by atoms with Crippen LogP contribution in [0, 0.1) is 6.92 Å². The molecule has 1 N–H and O–H groups in total. The molecule has 0 unspecified atom stereocenters. The minimum atomic E-state index is 0.277.